The van der Waals surface area contributed by atoms with Crippen LogP contribution in [0.5, 0.6) is 0 Å². The second kappa shape index (κ2) is 10.8. The summed E-state index contributed by atoms with van der Waals surface area (Å²) in [5, 5.41) is 6.77. The highest BCUT2D eigenvalue weighted by Crippen LogP contribution is 2.51. The summed E-state index contributed by atoms with van der Waals surface area (Å²) in [7, 11) is 0. The molecule has 10 aromatic rings. The quantitative estimate of drug-likeness (QED) is 0.167. The van der Waals surface area contributed by atoms with E-state index in [1.54, 1.807) is 0 Å². The zero-order valence-electron chi connectivity index (χ0n) is 38.2. The van der Waals surface area contributed by atoms with Gasteiger partial charge in [-0.25, -0.2) is 0 Å². The summed E-state index contributed by atoms with van der Waals surface area (Å²) >= 11 is 0. The van der Waals surface area contributed by atoms with Crippen molar-refractivity contribution in [3.8, 4) is 22.3 Å². The minimum Gasteiger partial charge on any atom is -0.455 e. The van der Waals surface area contributed by atoms with Gasteiger partial charge in [-0.1, -0.05) is 152 Å². The molecule has 0 spiro atoms. The lowest BCUT2D eigenvalue weighted by atomic mass is 9.67. The molecule has 0 saturated heterocycles. The smallest absolute Gasteiger partial charge is 0.143 e. The molecule has 13 rings (SSSR count). The summed E-state index contributed by atoms with van der Waals surface area (Å²) in [5.41, 5.74) is 9.14. The van der Waals surface area contributed by atoms with Crippen LogP contribution in [0.25, 0.3) is 105 Å². The Labute approximate surface area is 330 Å². The van der Waals surface area contributed by atoms with E-state index in [1.165, 1.54) is 22.1 Å². The molecule has 1 nitrogen and oxygen atoms in total. The van der Waals surface area contributed by atoms with Gasteiger partial charge in [0.15, 0.2) is 0 Å². The third-order valence-electron chi connectivity index (χ3n) is 12.1. The third-order valence-corrected chi connectivity index (χ3v) is 12.1. The maximum absolute atomic E-state index is 9.62. The average Bonchev–Trinajstić information content (AvgIpc) is 3.71. The number of fused-ring (bicyclic) bond motifs is 5. The lowest BCUT2D eigenvalue weighted by Crippen LogP contribution is -2.21. The molecule has 254 valence electrons. The van der Waals surface area contributed by atoms with E-state index in [0.29, 0.717) is 5.56 Å². The van der Waals surface area contributed by atoms with Gasteiger partial charge in [0.1, 0.15) is 11.2 Å². The Bertz CT molecular complexity index is 3950. The largest absolute Gasteiger partial charge is 0.455 e. The Morgan fingerprint density at radius 3 is 2.15 bits per heavy atom. The number of hydrogen-bond donors (Lipinski definition) is 0. The van der Waals surface area contributed by atoms with Crippen LogP contribution in [0.4, 0.5) is 0 Å². The molecule has 0 radical (unpaired) electrons. The van der Waals surface area contributed by atoms with Crippen molar-refractivity contribution in [2.45, 2.75) is 5.92 Å². The first-order valence-electron chi connectivity index (χ1n) is 23.1. The van der Waals surface area contributed by atoms with Crippen LogP contribution < -0.4 is 0 Å². The highest BCUT2D eigenvalue weighted by atomic mass is 16.3. The summed E-state index contributed by atoms with van der Waals surface area (Å²) in [6.07, 6.45) is 13.3. The molecule has 2 atom stereocenters. The summed E-state index contributed by atoms with van der Waals surface area (Å²) in [6, 6.07) is 28.1. The molecule has 1 heterocycles. The van der Waals surface area contributed by atoms with Gasteiger partial charge < -0.3 is 4.42 Å². The summed E-state index contributed by atoms with van der Waals surface area (Å²) in [4.78, 5) is 0. The predicted octanol–water partition coefficient (Wildman–Crippen LogP) is 14.7. The second-order valence-electron chi connectivity index (χ2n) is 14.9. The van der Waals surface area contributed by atoms with Crippen LogP contribution in [0.1, 0.15) is 40.5 Å². The summed E-state index contributed by atoms with van der Waals surface area (Å²) in [5.74, 6) is 0.249. The first-order valence-corrected chi connectivity index (χ1v) is 18.6. The minimum atomic E-state index is -0.532. The van der Waals surface area contributed by atoms with Gasteiger partial charge in [0.25, 0.3) is 0 Å². The van der Waals surface area contributed by atoms with Crippen LogP contribution in [0.15, 0.2) is 180 Å². The van der Waals surface area contributed by atoms with Gasteiger partial charge in [0, 0.05) is 28.0 Å². The zero-order valence-corrected chi connectivity index (χ0v) is 29.2. The lowest BCUT2D eigenvalue weighted by Gasteiger charge is -2.37. The van der Waals surface area contributed by atoms with Gasteiger partial charge in [-0.3, -0.25) is 0 Å². The van der Waals surface area contributed by atoms with Gasteiger partial charge in [-0.15, -0.1) is 0 Å². The fraction of sp³-hybridized carbons (Fsp3) is 0.0370. The molecule has 55 heavy (non-hydrogen) atoms. The van der Waals surface area contributed by atoms with Crippen LogP contribution in [0, 0.1) is 5.92 Å². The first-order chi connectivity index (χ1) is 31.0. The number of hydrogen-bond acceptors (Lipinski definition) is 1. The zero-order chi connectivity index (χ0) is 43.6. The van der Waals surface area contributed by atoms with E-state index in [1.807, 2.05) is 12.1 Å². The molecular weight excluding hydrogens is 665 g/mol. The Kier molecular flexibility index (Phi) is 4.38. The Morgan fingerprint density at radius 2 is 1.24 bits per heavy atom. The topological polar surface area (TPSA) is 13.1 Å². The van der Waals surface area contributed by atoms with Crippen molar-refractivity contribution in [3.05, 3.63) is 198 Å². The Morgan fingerprint density at radius 1 is 0.491 bits per heavy atom. The predicted molar refractivity (Wildman–Crippen MR) is 233 cm³/mol. The molecule has 1 aromatic heterocycles. The monoisotopic (exact) mass is 705 g/mol. The van der Waals surface area contributed by atoms with E-state index < -0.39 is 36.3 Å². The maximum atomic E-state index is 9.62. The van der Waals surface area contributed by atoms with Crippen molar-refractivity contribution in [1.82, 2.24) is 0 Å². The van der Waals surface area contributed by atoms with Crippen LogP contribution >= 0.6 is 0 Å². The van der Waals surface area contributed by atoms with Gasteiger partial charge in [-0.05, 0) is 124 Å². The summed E-state index contributed by atoms with van der Waals surface area (Å²) < 4.78 is 87.3. The van der Waals surface area contributed by atoms with Crippen molar-refractivity contribution < 1.29 is 16.8 Å². The van der Waals surface area contributed by atoms with Gasteiger partial charge in [0.05, 0.1) is 12.3 Å². The molecule has 9 aromatic carbocycles. The molecule has 0 fully saturated rings. The van der Waals surface area contributed by atoms with Crippen molar-refractivity contribution in [2.75, 3.05) is 0 Å². The second-order valence-corrected chi connectivity index (χ2v) is 14.9. The molecule has 0 aliphatic heterocycles. The first kappa shape index (κ1) is 22.3. The lowest BCUT2D eigenvalue weighted by molar-refractivity contribution is 0.667. The molecule has 0 N–H and O–H groups in total. The molecule has 0 amide bonds. The molecule has 0 saturated carbocycles. The molecule has 0 bridgehead atoms. The van der Waals surface area contributed by atoms with E-state index in [0.717, 1.165) is 54.8 Å². The highest BCUT2D eigenvalue weighted by molar-refractivity contribution is 6.26. The number of rotatable bonds is 3. The van der Waals surface area contributed by atoms with E-state index in [4.69, 9.17) is 14.0 Å². The van der Waals surface area contributed by atoms with Crippen LogP contribution in [-0.2, 0) is 0 Å². The molecule has 2 unspecified atom stereocenters. The number of allylic oxidation sites excluding steroid dienone is 6. The molecular formula is C54H32O. The van der Waals surface area contributed by atoms with Crippen molar-refractivity contribution in [2.24, 2.45) is 5.92 Å². The van der Waals surface area contributed by atoms with Crippen molar-refractivity contribution >= 4 is 82.8 Å². The van der Waals surface area contributed by atoms with Gasteiger partial charge >= 0.3 is 0 Å². The fourth-order valence-electron chi connectivity index (χ4n) is 9.67. The number of benzene rings is 9. The maximum Gasteiger partial charge on any atom is 0.143 e. The van der Waals surface area contributed by atoms with E-state index >= 15 is 0 Å². The Balaban J connectivity index is 1.16. The third kappa shape index (κ3) is 4.07. The van der Waals surface area contributed by atoms with Crippen molar-refractivity contribution in [1.29, 1.82) is 0 Å². The van der Waals surface area contributed by atoms with Gasteiger partial charge in [-0.2, -0.15) is 0 Å². The SMILES string of the molecule is [2H]c1c([2H])c(-c2cc(C3=C4C=Cc5cccc6c5C4C(C=C3)C=C6)cc(-c3ccc4ccc5cccc6ccc3c4c56)c2)c2c(oc3c4c([2H])c([2H])c([2H])c([2H])c4c([2H])c([2H])c32)c1[2H]. The highest BCUT2D eigenvalue weighted by Gasteiger charge is 2.34. The van der Waals surface area contributed by atoms with Gasteiger partial charge in [0.2, 0.25) is 0 Å². The van der Waals surface area contributed by atoms with Crippen LogP contribution in [0.3, 0.4) is 0 Å². The van der Waals surface area contributed by atoms with E-state index in [9.17, 15) is 2.74 Å². The van der Waals surface area contributed by atoms with Crippen LogP contribution in [-0.4, -0.2) is 0 Å². The molecule has 1 heteroatoms. The normalized spacial score (nSPS) is 19.5. The number of furan rings is 1. The van der Waals surface area contributed by atoms with Crippen molar-refractivity contribution in [3.63, 3.8) is 0 Å². The standard InChI is InChI=1S/C54H32O/c1-2-11-44-31(6-1)18-27-47-53-43(12-5-13-48(53)55-54(44)47)40-29-38(41-23-19-36-16-14-32-7-3-9-34-21-25-45(41)51(36)49(32)34)28-39(30-40)42-24-20-37-17-15-33-8-4-10-35-22-26-46(42)52(37)50(33)35/h1-30,36,51H/i1D,2D,5D,6D,11D,12D,13D,18D,27D. The fourth-order valence-corrected chi connectivity index (χ4v) is 9.67. The van der Waals surface area contributed by atoms with E-state index in [2.05, 4.69) is 115 Å². The summed E-state index contributed by atoms with van der Waals surface area (Å²) in [6.45, 7) is 0. The molecule has 3 aliphatic carbocycles. The average molecular weight is 706 g/mol. The molecule has 3 aliphatic rings. The van der Waals surface area contributed by atoms with Crippen LogP contribution in [0.2, 0.25) is 0 Å². The Hall–Kier alpha value is -6.96. The van der Waals surface area contributed by atoms with E-state index in [-0.39, 0.29) is 68.2 Å². The minimum absolute atomic E-state index is 0.0555.